The fourth-order valence-electron chi connectivity index (χ4n) is 1.10. The van der Waals surface area contributed by atoms with E-state index >= 15 is 0 Å². The Morgan fingerprint density at radius 1 is 1.31 bits per heavy atom. The molecular formula is C10H10BrF4N. The van der Waals surface area contributed by atoms with Crippen LogP contribution in [0, 0.1) is 0 Å². The highest BCUT2D eigenvalue weighted by molar-refractivity contribution is 9.10. The minimum absolute atomic E-state index is 0.127. The Morgan fingerprint density at radius 2 is 2.00 bits per heavy atom. The first-order valence-corrected chi connectivity index (χ1v) is 5.32. The van der Waals surface area contributed by atoms with E-state index in [1.54, 1.807) is 24.3 Å². The summed E-state index contributed by atoms with van der Waals surface area (Å²) in [6, 6.07) is 6.98. The van der Waals surface area contributed by atoms with Gasteiger partial charge in [0.2, 0.25) is 0 Å². The molecule has 1 aromatic carbocycles. The molecule has 0 unspecified atom stereocenters. The van der Waals surface area contributed by atoms with Crippen LogP contribution in [0.15, 0.2) is 28.7 Å². The third-order valence-corrected chi connectivity index (χ3v) is 2.39. The van der Waals surface area contributed by atoms with Crippen LogP contribution in [0.3, 0.4) is 0 Å². The van der Waals surface area contributed by atoms with Gasteiger partial charge in [0.1, 0.15) is 0 Å². The Bertz CT molecular complexity index is 343. The number of rotatable bonds is 5. The molecule has 0 bridgehead atoms. The molecule has 0 aliphatic rings. The molecule has 0 fully saturated rings. The van der Waals surface area contributed by atoms with Crippen molar-refractivity contribution in [2.24, 2.45) is 0 Å². The molecule has 0 aromatic heterocycles. The number of hydrogen-bond acceptors (Lipinski definition) is 1. The zero-order valence-corrected chi connectivity index (χ0v) is 9.78. The summed E-state index contributed by atoms with van der Waals surface area (Å²) >= 11 is 3.22. The van der Waals surface area contributed by atoms with Crippen LogP contribution in [0.5, 0.6) is 0 Å². The summed E-state index contributed by atoms with van der Waals surface area (Å²) < 4.78 is 49.4. The van der Waals surface area contributed by atoms with Crippen molar-refractivity contribution in [2.45, 2.75) is 18.9 Å². The summed E-state index contributed by atoms with van der Waals surface area (Å²) in [5.41, 5.74) is 0.749. The molecule has 0 atom stereocenters. The van der Waals surface area contributed by atoms with Crippen molar-refractivity contribution in [3.05, 3.63) is 34.3 Å². The van der Waals surface area contributed by atoms with Gasteiger partial charge in [-0.1, -0.05) is 28.1 Å². The molecular weight excluding hydrogens is 290 g/mol. The standard InChI is InChI=1S/C10H10BrF4N/c11-8-3-1-2-7(4-8)5-16-6-10(14,15)9(12)13/h1-4,9,16H,5-6H2. The van der Waals surface area contributed by atoms with Crippen molar-refractivity contribution in [1.29, 1.82) is 0 Å². The van der Waals surface area contributed by atoms with E-state index in [0.717, 1.165) is 10.0 Å². The first-order chi connectivity index (χ1) is 7.42. The minimum atomic E-state index is -3.98. The van der Waals surface area contributed by atoms with Crippen molar-refractivity contribution < 1.29 is 17.6 Å². The van der Waals surface area contributed by atoms with E-state index in [9.17, 15) is 17.6 Å². The molecule has 1 rings (SSSR count). The molecule has 0 aliphatic carbocycles. The number of alkyl halides is 4. The predicted molar refractivity (Wildman–Crippen MR) is 56.8 cm³/mol. The summed E-state index contributed by atoms with van der Waals surface area (Å²) in [5, 5.41) is 2.30. The van der Waals surface area contributed by atoms with E-state index < -0.39 is 18.9 Å². The smallest absolute Gasteiger partial charge is 0.307 e. The molecule has 6 heteroatoms. The van der Waals surface area contributed by atoms with Gasteiger partial charge in [-0.2, -0.15) is 8.78 Å². The maximum atomic E-state index is 12.5. The molecule has 0 saturated heterocycles. The lowest BCUT2D eigenvalue weighted by Gasteiger charge is -2.15. The van der Waals surface area contributed by atoms with Gasteiger partial charge in [-0.25, -0.2) is 8.78 Å². The summed E-state index contributed by atoms with van der Waals surface area (Å²) in [6.45, 7) is -0.904. The Morgan fingerprint density at radius 3 is 2.56 bits per heavy atom. The third kappa shape index (κ3) is 4.09. The van der Waals surface area contributed by atoms with E-state index in [0.29, 0.717) is 0 Å². The molecule has 1 N–H and O–H groups in total. The third-order valence-electron chi connectivity index (χ3n) is 1.90. The molecule has 0 radical (unpaired) electrons. The molecule has 0 aliphatic heterocycles. The summed E-state index contributed by atoms with van der Waals surface area (Å²) in [6.07, 6.45) is -3.64. The quantitative estimate of drug-likeness (QED) is 0.821. The Labute approximate surface area is 99.0 Å². The highest BCUT2D eigenvalue weighted by Crippen LogP contribution is 2.21. The molecule has 0 amide bonds. The summed E-state index contributed by atoms with van der Waals surface area (Å²) in [5.74, 6) is -3.98. The second kappa shape index (κ2) is 5.63. The fourth-order valence-corrected chi connectivity index (χ4v) is 1.54. The number of halogens is 5. The lowest BCUT2D eigenvalue weighted by atomic mass is 10.2. The maximum Gasteiger partial charge on any atom is 0.319 e. The molecule has 0 saturated carbocycles. The van der Waals surface area contributed by atoms with Crippen molar-refractivity contribution in [3.8, 4) is 0 Å². The number of hydrogen-bond donors (Lipinski definition) is 1. The van der Waals surface area contributed by atoms with Crippen molar-refractivity contribution in [1.82, 2.24) is 5.32 Å². The lowest BCUT2D eigenvalue weighted by Crippen LogP contribution is -2.38. The average Bonchev–Trinajstić information content (AvgIpc) is 2.17. The lowest BCUT2D eigenvalue weighted by molar-refractivity contribution is -0.125. The second-order valence-corrected chi connectivity index (χ2v) is 4.21. The van der Waals surface area contributed by atoms with Crippen molar-refractivity contribution in [3.63, 3.8) is 0 Å². The second-order valence-electron chi connectivity index (χ2n) is 3.30. The molecule has 0 spiro atoms. The molecule has 0 heterocycles. The van der Waals surface area contributed by atoms with E-state index in [4.69, 9.17) is 0 Å². The van der Waals surface area contributed by atoms with E-state index in [1.807, 2.05) is 0 Å². The van der Waals surface area contributed by atoms with Gasteiger partial charge in [0, 0.05) is 11.0 Å². The van der Waals surface area contributed by atoms with Gasteiger partial charge in [0.25, 0.3) is 0 Å². The number of nitrogens with one attached hydrogen (secondary N) is 1. The van der Waals surface area contributed by atoms with Crippen LogP contribution in [-0.4, -0.2) is 18.9 Å². The van der Waals surface area contributed by atoms with Gasteiger partial charge >= 0.3 is 12.3 Å². The van der Waals surface area contributed by atoms with Crippen LogP contribution in [0.4, 0.5) is 17.6 Å². The van der Waals surface area contributed by atoms with Crippen LogP contribution in [0.1, 0.15) is 5.56 Å². The van der Waals surface area contributed by atoms with Gasteiger partial charge in [0.05, 0.1) is 6.54 Å². The van der Waals surface area contributed by atoms with Crippen LogP contribution < -0.4 is 5.32 Å². The predicted octanol–water partition coefficient (Wildman–Crippen LogP) is 3.44. The van der Waals surface area contributed by atoms with Gasteiger partial charge in [-0.05, 0) is 17.7 Å². The van der Waals surface area contributed by atoms with Gasteiger partial charge in [-0.15, -0.1) is 0 Å². The number of benzene rings is 1. The highest BCUT2D eigenvalue weighted by Gasteiger charge is 2.39. The fraction of sp³-hybridized carbons (Fsp3) is 0.400. The maximum absolute atomic E-state index is 12.5. The summed E-state index contributed by atoms with van der Waals surface area (Å²) in [4.78, 5) is 0. The largest absolute Gasteiger partial charge is 0.319 e. The zero-order chi connectivity index (χ0) is 12.2. The molecule has 1 aromatic rings. The first kappa shape index (κ1) is 13.4. The van der Waals surface area contributed by atoms with Gasteiger partial charge < -0.3 is 5.32 Å². The topological polar surface area (TPSA) is 12.0 Å². The van der Waals surface area contributed by atoms with Crippen LogP contribution in [0.25, 0.3) is 0 Å². The van der Waals surface area contributed by atoms with Crippen molar-refractivity contribution >= 4 is 15.9 Å². The van der Waals surface area contributed by atoms with Gasteiger partial charge in [-0.3, -0.25) is 0 Å². The van der Waals surface area contributed by atoms with Crippen LogP contribution in [-0.2, 0) is 6.54 Å². The minimum Gasteiger partial charge on any atom is -0.307 e. The normalized spacial score (nSPS) is 12.1. The van der Waals surface area contributed by atoms with Gasteiger partial charge in [0.15, 0.2) is 0 Å². The zero-order valence-electron chi connectivity index (χ0n) is 8.19. The van der Waals surface area contributed by atoms with Crippen LogP contribution >= 0.6 is 15.9 Å². The monoisotopic (exact) mass is 299 g/mol. The van der Waals surface area contributed by atoms with E-state index in [2.05, 4.69) is 21.2 Å². The molecule has 1 nitrogen and oxygen atoms in total. The average molecular weight is 300 g/mol. The highest BCUT2D eigenvalue weighted by atomic mass is 79.9. The van der Waals surface area contributed by atoms with E-state index in [1.165, 1.54) is 0 Å². The Kier molecular flexibility index (Phi) is 4.73. The Balaban J connectivity index is 2.42. The molecule has 90 valence electrons. The van der Waals surface area contributed by atoms with Crippen LogP contribution in [0.2, 0.25) is 0 Å². The van der Waals surface area contributed by atoms with Crippen molar-refractivity contribution in [2.75, 3.05) is 6.54 Å². The summed E-state index contributed by atoms with van der Waals surface area (Å²) in [7, 11) is 0. The molecule has 16 heavy (non-hydrogen) atoms. The van der Waals surface area contributed by atoms with E-state index in [-0.39, 0.29) is 6.54 Å². The Hall–Kier alpha value is -0.620. The SMILES string of the molecule is FC(F)C(F)(F)CNCc1cccc(Br)c1. The first-order valence-electron chi connectivity index (χ1n) is 4.53.